The summed E-state index contributed by atoms with van der Waals surface area (Å²) in [4.78, 5) is 0. The molecule has 0 N–H and O–H groups in total. The molecule has 6 saturated carbocycles. The Bertz CT molecular complexity index is 397. The Morgan fingerprint density at radius 3 is 1.33 bits per heavy atom. The summed E-state index contributed by atoms with van der Waals surface area (Å²) < 4.78 is 0. The van der Waals surface area contributed by atoms with Crippen LogP contribution < -0.4 is 0 Å². The minimum atomic E-state index is 0.645. The molecule has 4 unspecified atom stereocenters. The maximum Gasteiger partial charge on any atom is 0.118 e. The van der Waals surface area contributed by atoms with Gasteiger partial charge in [0, 0.05) is 0 Å². The van der Waals surface area contributed by atoms with Gasteiger partial charge in [-0.1, -0.05) is 66.0 Å². The second-order valence-electron chi connectivity index (χ2n) is 10.4. The third kappa shape index (κ3) is 1.81. The van der Waals surface area contributed by atoms with Crippen molar-refractivity contribution in [3.63, 3.8) is 0 Å². The van der Waals surface area contributed by atoms with E-state index in [4.69, 9.17) is 0 Å². The zero-order valence-electron chi connectivity index (χ0n) is 15.0. The van der Waals surface area contributed by atoms with Gasteiger partial charge in [-0.2, -0.15) is 0 Å². The first-order valence-electron chi connectivity index (χ1n) is 9.58. The maximum absolute atomic E-state index is 2.86. The fourth-order valence-electron chi connectivity index (χ4n) is 7.21. The highest BCUT2D eigenvalue weighted by molar-refractivity contribution is 6.40. The molecule has 0 saturated heterocycles. The Hall–Kier alpha value is 0.0649. The lowest BCUT2D eigenvalue weighted by atomic mass is 9.31. The number of hydrogen-bond donors (Lipinski definition) is 0. The molecule has 6 fully saturated rings. The zero-order valence-corrected chi connectivity index (χ0v) is 15.0. The van der Waals surface area contributed by atoms with Crippen LogP contribution in [0.15, 0.2) is 0 Å². The Kier molecular flexibility index (Phi) is 3.02. The first-order valence-corrected chi connectivity index (χ1v) is 9.58. The normalized spacial score (nSPS) is 56.1. The van der Waals surface area contributed by atoms with Crippen LogP contribution in [0.3, 0.4) is 0 Å². The molecule has 0 nitrogen and oxygen atoms in total. The first-order chi connectivity index (χ1) is 9.73. The quantitative estimate of drug-likeness (QED) is 0.573. The molecule has 1 radical (unpaired) electrons. The third-order valence-electron chi connectivity index (χ3n) is 9.32. The fourth-order valence-corrected chi connectivity index (χ4v) is 7.21. The number of hydrogen-bond acceptors (Lipinski definition) is 0. The summed E-state index contributed by atoms with van der Waals surface area (Å²) in [5.41, 5.74) is 1.29. The minimum Gasteiger partial charge on any atom is -0.0655 e. The lowest BCUT2D eigenvalue weighted by Gasteiger charge is -2.65. The molecule has 21 heavy (non-hydrogen) atoms. The van der Waals surface area contributed by atoms with Crippen molar-refractivity contribution < 1.29 is 0 Å². The predicted octanol–water partition coefficient (Wildman–Crippen LogP) is 5.67. The van der Waals surface area contributed by atoms with E-state index in [0.717, 1.165) is 47.1 Å². The molecule has 6 aliphatic carbocycles. The van der Waals surface area contributed by atoms with Crippen LogP contribution in [-0.2, 0) is 0 Å². The van der Waals surface area contributed by atoms with Gasteiger partial charge in [0.25, 0.3) is 0 Å². The standard InChI is InChI=1S/C20H34B/c1-11-15-7-13(19(15,3)4)9-17(11)21-18-10-14-8-16(12(18)2)20(14,5)6/h11-18H,7-10H2,1-6H3/t11?,12?,13-,14-,15+,16+,17?,18?/m0/s1. The topological polar surface area (TPSA) is 0 Å². The Balaban J connectivity index is 1.42. The molecule has 1 heteroatoms. The minimum absolute atomic E-state index is 0.645. The van der Waals surface area contributed by atoms with E-state index in [9.17, 15) is 0 Å². The molecular weight excluding hydrogens is 251 g/mol. The van der Waals surface area contributed by atoms with Gasteiger partial charge in [0.15, 0.2) is 0 Å². The zero-order chi connectivity index (χ0) is 15.2. The van der Waals surface area contributed by atoms with Crippen molar-refractivity contribution in [2.24, 2.45) is 46.3 Å². The summed E-state index contributed by atoms with van der Waals surface area (Å²) in [6.07, 6.45) is 6.03. The summed E-state index contributed by atoms with van der Waals surface area (Å²) >= 11 is 0. The molecule has 0 aromatic carbocycles. The summed E-state index contributed by atoms with van der Waals surface area (Å²) in [5.74, 6) is 7.76. The van der Waals surface area contributed by atoms with Gasteiger partial charge >= 0.3 is 0 Å². The van der Waals surface area contributed by atoms with Gasteiger partial charge in [0.1, 0.15) is 7.28 Å². The van der Waals surface area contributed by atoms with Crippen LogP contribution in [0.4, 0.5) is 0 Å². The molecule has 0 heterocycles. The molecule has 6 rings (SSSR count). The highest BCUT2D eigenvalue weighted by atomic mass is 14.6. The largest absolute Gasteiger partial charge is 0.118 e. The van der Waals surface area contributed by atoms with Gasteiger partial charge in [0.2, 0.25) is 0 Å². The smallest absolute Gasteiger partial charge is 0.0655 e. The first kappa shape index (κ1) is 14.6. The van der Waals surface area contributed by atoms with E-state index in [1.54, 1.807) is 0 Å². The highest BCUT2D eigenvalue weighted by Crippen LogP contribution is 2.68. The van der Waals surface area contributed by atoms with Crippen LogP contribution in [0, 0.1) is 46.3 Å². The molecule has 0 amide bonds. The van der Waals surface area contributed by atoms with Crippen molar-refractivity contribution in [3.8, 4) is 0 Å². The van der Waals surface area contributed by atoms with Crippen molar-refractivity contribution in [1.82, 2.24) is 0 Å². The van der Waals surface area contributed by atoms with E-state index in [1.165, 1.54) is 25.7 Å². The lowest BCUT2D eigenvalue weighted by Crippen LogP contribution is -2.57. The van der Waals surface area contributed by atoms with Crippen molar-refractivity contribution in [2.45, 2.75) is 78.9 Å². The second-order valence-corrected chi connectivity index (χ2v) is 10.4. The monoisotopic (exact) mass is 285 g/mol. The summed E-state index contributed by atoms with van der Waals surface area (Å²) in [5, 5.41) is 0. The van der Waals surface area contributed by atoms with Crippen LogP contribution >= 0.6 is 0 Å². The summed E-state index contributed by atoms with van der Waals surface area (Å²) in [6, 6.07) is 0. The predicted molar refractivity (Wildman–Crippen MR) is 91.6 cm³/mol. The lowest BCUT2D eigenvalue weighted by molar-refractivity contribution is -0.106. The van der Waals surface area contributed by atoms with Crippen LogP contribution in [0.1, 0.15) is 67.2 Å². The van der Waals surface area contributed by atoms with Gasteiger partial charge in [-0.15, -0.1) is 0 Å². The van der Waals surface area contributed by atoms with Crippen LogP contribution in [-0.4, -0.2) is 7.28 Å². The summed E-state index contributed by atoms with van der Waals surface area (Å²) in [7, 11) is 2.86. The van der Waals surface area contributed by atoms with Crippen molar-refractivity contribution in [1.29, 1.82) is 0 Å². The van der Waals surface area contributed by atoms with E-state index in [1.807, 2.05) is 0 Å². The molecule has 117 valence electrons. The molecule has 8 atom stereocenters. The molecule has 0 spiro atoms. The van der Waals surface area contributed by atoms with Crippen molar-refractivity contribution >= 4 is 7.28 Å². The van der Waals surface area contributed by atoms with E-state index in [0.29, 0.717) is 10.8 Å². The number of fused-ring (bicyclic) bond motifs is 4. The van der Waals surface area contributed by atoms with Gasteiger partial charge in [-0.05, 0) is 59.2 Å². The Morgan fingerprint density at radius 2 is 1.05 bits per heavy atom. The number of rotatable bonds is 2. The van der Waals surface area contributed by atoms with Gasteiger partial charge in [0.05, 0.1) is 0 Å². The van der Waals surface area contributed by atoms with Crippen LogP contribution in [0.25, 0.3) is 0 Å². The molecule has 6 aliphatic rings. The highest BCUT2D eigenvalue weighted by Gasteiger charge is 2.59. The third-order valence-corrected chi connectivity index (χ3v) is 9.32. The Labute approximate surface area is 133 Å². The molecule has 0 aromatic rings. The van der Waals surface area contributed by atoms with Crippen molar-refractivity contribution in [3.05, 3.63) is 0 Å². The average molecular weight is 285 g/mol. The SMILES string of the molecule is CC1C([B]C2C[C@@H]3C[C@H](C2C)C3(C)C)C[C@@H]2C[C@H]1C2(C)C. The Morgan fingerprint density at radius 1 is 0.667 bits per heavy atom. The van der Waals surface area contributed by atoms with E-state index >= 15 is 0 Å². The van der Waals surface area contributed by atoms with Crippen LogP contribution in [0.5, 0.6) is 0 Å². The van der Waals surface area contributed by atoms with E-state index in [-0.39, 0.29) is 0 Å². The summed E-state index contributed by atoms with van der Waals surface area (Å²) in [6.45, 7) is 15.2. The van der Waals surface area contributed by atoms with Gasteiger partial charge in [-0.3, -0.25) is 0 Å². The fraction of sp³-hybridized carbons (Fsp3) is 1.00. The van der Waals surface area contributed by atoms with Crippen molar-refractivity contribution in [2.75, 3.05) is 0 Å². The molecule has 0 aromatic heterocycles. The maximum atomic E-state index is 2.86. The average Bonchev–Trinajstić information content (AvgIpc) is 2.41. The molecular formula is C20H34B. The second kappa shape index (κ2) is 4.32. The van der Waals surface area contributed by atoms with E-state index < -0.39 is 0 Å². The van der Waals surface area contributed by atoms with Gasteiger partial charge < -0.3 is 0 Å². The molecule has 4 bridgehead atoms. The van der Waals surface area contributed by atoms with Gasteiger partial charge in [-0.25, -0.2) is 0 Å². The molecule has 0 aliphatic heterocycles. The van der Waals surface area contributed by atoms with E-state index in [2.05, 4.69) is 48.8 Å². The van der Waals surface area contributed by atoms with Crippen LogP contribution in [0.2, 0.25) is 11.6 Å².